The molecule has 0 radical (unpaired) electrons. The van der Waals surface area contributed by atoms with Gasteiger partial charge in [0, 0.05) is 34.5 Å². The molecule has 1 saturated heterocycles. The van der Waals surface area contributed by atoms with Crippen LogP contribution in [-0.4, -0.2) is 34.7 Å². The number of oxazole rings is 1. The number of aromatic nitrogens is 1. The number of benzene rings is 1. The number of ketones is 1. The fraction of sp³-hybridized carbons (Fsp3) is 0.409. The number of nitrogens with zero attached hydrogens (tertiary/aromatic N) is 2. The Kier molecular flexibility index (Phi) is 4.57. The van der Waals surface area contributed by atoms with E-state index in [4.69, 9.17) is 21.8 Å². The SMILES string of the molecule is Cc1oc(-c2ccc(Cl)cc2)nc1C(=O)N1CC[C@]2(C=C(N)C(=O)C(C)(C)C2)C1. The molecule has 1 amide bonds. The number of carbonyl (C=O) groups is 2. The van der Waals surface area contributed by atoms with Gasteiger partial charge in [0.25, 0.3) is 5.91 Å². The molecule has 1 aromatic heterocycles. The maximum atomic E-state index is 13.2. The van der Waals surface area contributed by atoms with E-state index in [-0.39, 0.29) is 17.1 Å². The van der Waals surface area contributed by atoms with Crippen LogP contribution in [0.1, 0.15) is 42.9 Å². The highest BCUT2D eigenvalue weighted by Crippen LogP contribution is 2.47. The van der Waals surface area contributed by atoms with Crippen LogP contribution in [0.2, 0.25) is 5.02 Å². The molecule has 7 heteroatoms. The fourth-order valence-corrected chi connectivity index (χ4v) is 4.72. The highest BCUT2D eigenvalue weighted by Gasteiger charge is 2.48. The Labute approximate surface area is 174 Å². The highest BCUT2D eigenvalue weighted by molar-refractivity contribution is 6.30. The number of Topliss-reactive ketones (excluding diaryl/α,β-unsaturated/α-hetero) is 1. The zero-order chi connectivity index (χ0) is 21.0. The average molecular weight is 414 g/mol. The lowest BCUT2D eigenvalue weighted by atomic mass is 9.65. The van der Waals surface area contributed by atoms with E-state index in [9.17, 15) is 9.59 Å². The van der Waals surface area contributed by atoms with Crippen LogP contribution in [0.15, 0.2) is 40.5 Å². The number of nitrogens with two attached hydrogens (primary N) is 1. The molecule has 6 nitrogen and oxygen atoms in total. The predicted molar refractivity (Wildman–Crippen MR) is 110 cm³/mol. The van der Waals surface area contributed by atoms with Gasteiger partial charge in [-0.15, -0.1) is 0 Å². The largest absolute Gasteiger partial charge is 0.441 e. The van der Waals surface area contributed by atoms with Gasteiger partial charge in [-0.1, -0.05) is 25.4 Å². The first-order valence-corrected chi connectivity index (χ1v) is 10.0. The Morgan fingerprint density at radius 2 is 1.97 bits per heavy atom. The summed E-state index contributed by atoms with van der Waals surface area (Å²) in [6.45, 7) is 6.69. The second kappa shape index (κ2) is 6.73. The van der Waals surface area contributed by atoms with Gasteiger partial charge in [0.1, 0.15) is 5.76 Å². The maximum absolute atomic E-state index is 13.2. The van der Waals surface area contributed by atoms with Gasteiger partial charge < -0.3 is 15.1 Å². The summed E-state index contributed by atoms with van der Waals surface area (Å²) in [6, 6.07) is 7.12. The van der Waals surface area contributed by atoms with Crippen LogP contribution in [0.5, 0.6) is 0 Å². The molecule has 0 unspecified atom stereocenters. The third-order valence-corrected chi connectivity index (χ3v) is 6.15. The number of allylic oxidation sites excluding steroid dienone is 1. The number of carbonyl (C=O) groups excluding carboxylic acids is 2. The number of likely N-dealkylation sites (tertiary alicyclic amines) is 1. The molecule has 1 aliphatic carbocycles. The molecule has 1 spiro atoms. The van der Waals surface area contributed by atoms with Crippen molar-refractivity contribution in [1.82, 2.24) is 9.88 Å². The molecule has 1 aromatic carbocycles. The van der Waals surface area contributed by atoms with Crippen molar-refractivity contribution in [3.05, 3.63) is 52.5 Å². The van der Waals surface area contributed by atoms with Crippen molar-refractivity contribution in [2.45, 2.75) is 33.6 Å². The minimum absolute atomic E-state index is 0.0205. The van der Waals surface area contributed by atoms with Crippen LogP contribution >= 0.6 is 11.6 Å². The number of rotatable bonds is 2. The van der Waals surface area contributed by atoms with Gasteiger partial charge in [0.2, 0.25) is 5.89 Å². The van der Waals surface area contributed by atoms with Crippen LogP contribution in [0.3, 0.4) is 0 Å². The summed E-state index contributed by atoms with van der Waals surface area (Å²) in [6.07, 6.45) is 3.32. The van der Waals surface area contributed by atoms with Crippen LogP contribution in [0.4, 0.5) is 0 Å². The van der Waals surface area contributed by atoms with Gasteiger partial charge in [0.05, 0.1) is 5.70 Å². The summed E-state index contributed by atoms with van der Waals surface area (Å²) < 4.78 is 5.74. The van der Waals surface area contributed by atoms with Crippen molar-refractivity contribution in [2.24, 2.45) is 16.6 Å². The molecule has 2 heterocycles. The Bertz CT molecular complexity index is 1020. The van der Waals surface area contributed by atoms with E-state index in [1.54, 1.807) is 36.1 Å². The van der Waals surface area contributed by atoms with Gasteiger partial charge in [-0.3, -0.25) is 9.59 Å². The van der Waals surface area contributed by atoms with E-state index in [0.29, 0.717) is 47.6 Å². The molecule has 0 saturated carbocycles. The van der Waals surface area contributed by atoms with Crippen molar-refractivity contribution < 1.29 is 14.0 Å². The molecule has 4 rings (SSSR count). The number of aryl methyl sites for hydroxylation is 1. The molecule has 0 bridgehead atoms. The van der Waals surface area contributed by atoms with Gasteiger partial charge in [-0.2, -0.15) is 0 Å². The van der Waals surface area contributed by atoms with Gasteiger partial charge in [0.15, 0.2) is 11.5 Å². The molecule has 2 aliphatic rings. The first kappa shape index (κ1) is 19.7. The third kappa shape index (κ3) is 3.46. The minimum atomic E-state index is -0.524. The molecule has 152 valence electrons. The number of hydrogen-bond donors (Lipinski definition) is 1. The Balaban J connectivity index is 1.57. The zero-order valence-corrected chi connectivity index (χ0v) is 17.5. The third-order valence-electron chi connectivity index (χ3n) is 5.90. The second-order valence-corrected chi connectivity index (χ2v) is 9.20. The Hall–Kier alpha value is -2.60. The average Bonchev–Trinajstić information content (AvgIpc) is 3.23. The van der Waals surface area contributed by atoms with E-state index >= 15 is 0 Å². The first-order valence-electron chi connectivity index (χ1n) is 9.66. The smallest absolute Gasteiger partial charge is 0.276 e. The lowest BCUT2D eigenvalue weighted by Gasteiger charge is -2.39. The number of hydrogen-bond acceptors (Lipinski definition) is 5. The molecule has 1 fully saturated rings. The maximum Gasteiger partial charge on any atom is 0.276 e. The normalized spacial score (nSPS) is 23.5. The van der Waals surface area contributed by atoms with Crippen molar-refractivity contribution in [1.29, 1.82) is 0 Å². The summed E-state index contributed by atoms with van der Waals surface area (Å²) in [4.78, 5) is 31.7. The topological polar surface area (TPSA) is 89.4 Å². The fourth-order valence-electron chi connectivity index (χ4n) is 4.59. The molecule has 1 atom stereocenters. The van der Waals surface area contributed by atoms with Crippen molar-refractivity contribution in [3.8, 4) is 11.5 Å². The molecule has 29 heavy (non-hydrogen) atoms. The summed E-state index contributed by atoms with van der Waals surface area (Å²) >= 11 is 5.94. The first-order chi connectivity index (χ1) is 13.6. The van der Waals surface area contributed by atoms with Crippen molar-refractivity contribution in [2.75, 3.05) is 13.1 Å². The van der Waals surface area contributed by atoms with Crippen molar-refractivity contribution >= 4 is 23.3 Å². The quantitative estimate of drug-likeness (QED) is 0.804. The monoisotopic (exact) mass is 413 g/mol. The second-order valence-electron chi connectivity index (χ2n) is 8.76. The van der Waals surface area contributed by atoms with E-state index in [1.807, 2.05) is 19.9 Å². The summed E-state index contributed by atoms with van der Waals surface area (Å²) in [7, 11) is 0. The Morgan fingerprint density at radius 1 is 1.28 bits per heavy atom. The van der Waals surface area contributed by atoms with Gasteiger partial charge in [-0.25, -0.2) is 4.98 Å². The molecule has 2 N–H and O–H groups in total. The molecular formula is C22H24ClN3O3. The standard InChI is InChI=1S/C22H24ClN3O3/c1-13-17(25-19(29-13)14-4-6-15(23)7-5-14)20(28)26-9-8-22(12-26)10-16(24)18(27)21(2,3)11-22/h4-7,10H,8-9,11-12,24H2,1-3H3/t22-/m1/s1. The lowest BCUT2D eigenvalue weighted by Crippen LogP contribution is -2.42. The van der Waals surface area contributed by atoms with Crippen LogP contribution in [0.25, 0.3) is 11.5 Å². The van der Waals surface area contributed by atoms with E-state index in [2.05, 4.69) is 4.98 Å². The molecule has 2 aromatic rings. The number of halogens is 1. The van der Waals surface area contributed by atoms with E-state index < -0.39 is 5.41 Å². The van der Waals surface area contributed by atoms with Crippen LogP contribution < -0.4 is 5.73 Å². The molecular weight excluding hydrogens is 390 g/mol. The van der Waals surface area contributed by atoms with Crippen molar-refractivity contribution in [3.63, 3.8) is 0 Å². The number of amides is 1. The highest BCUT2D eigenvalue weighted by atomic mass is 35.5. The Morgan fingerprint density at radius 3 is 2.62 bits per heavy atom. The predicted octanol–water partition coefficient (Wildman–Crippen LogP) is 3.98. The summed E-state index contributed by atoms with van der Waals surface area (Å²) in [5, 5.41) is 0.622. The van der Waals surface area contributed by atoms with Gasteiger partial charge in [-0.05, 0) is 50.1 Å². The van der Waals surface area contributed by atoms with Crippen LogP contribution in [-0.2, 0) is 4.79 Å². The lowest BCUT2D eigenvalue weighted by molar-refractivity contribution is -0.125. The summed E-state index contributed by atoms with van der Waals surface area (Å²) in [5.41, 5.74) is 6.60. The van der Waals surface area contributed by atoms with Gasteiger partial charge >= 0.3 is 0 Å². The van der Waals surface area contributed by atoms with Crippen LogP contribution in [0, 0.1) is 17.8 Å². The summed E-state index contributed by atoms with van der Waals surface area (Å²) in [5.74, 6) is 0.693. The van der Waals surface area contributed by atoms with E-state index in [0.717, 1.165) is 12.0 Å². The zero-order valence-electron chi connectivity index (χ0n) is 16.8. The molecule has 1 aliphatic heterocycles. The van der Waals surface area contributed by atoms with E-state index in [1.165, 1.54) is 0 Å². The minimum Gasteiger partial charge on any atom is -0.441 e.